The van der Waals surface area contributed by atoms with Gasteiger partial charge in [0.1, 0.15) is 0 Å². The molecule has 0 aromatic rings. The maximum Gasteiger partial charge on any atom is 0.0881 e. The van der Waals surface area contributed by atoms with Gasteiger partial charge in [0.05, 0.1) is 5.54 Å². The van der Waals surface area contributed by atoms with Crippen molar-refractivity contribution in [2.75, 3.05) is 32.7 Å². The Kier molecular flexibility index (Phi) is 4.59. The number of rotatable bonds is 3. The molecule has 0 bridgehead atoms. The predicted octanol–water partition coefficient (Wildman–Crippen LogP) is 0.736. The molecule has 0 atom stereocenters. The van der Waals surface area contributed by atoms with Crippen LogP contribution in [0.5, 0.6) is 0 Å². The van der Waals surface area contributed by atoms with Crippen LogP contribution in [0.3, 0.4) is 0 Å². The molecule has 3 heteroatoms. The van der Waals surface area contributed by atoms with Crippen LogP contribution < -0.4 is 10.6 Å². The first kappa shape index (κ1) is 12.0. The molecule has 1 rings (SSSR count). The van der Waals surface area contributed by atoms with Gasteiger partial charge in [-0.1, -0.05) is 18.7 Å². The average Bonchev–Trinajstić information content (AvgIpc) is 2.38. The van der Waals surface area contributed by atoms with Crippen molar-refractivity contribution in [1.82, 2.24) is 15.5 Å². The summed E-state index contributed by atoms with van der Waals surface area (Å²) in [5, 5.41) is 6.75. The number of nitrogens with zero attached hydrogens (tertiary/aromatic N) is 1. The SMILES string of the molecule is C=CN1CCNCCNCC1(C=C)C=C. The van der Waals surface area contributed by atoms with Crippen LogP contribution in [0.4, 0.5) is 0 Å². The molecule has 1 saturated heterocycles. The Morgan fingerprint density at radius 2 is 1.67 bits per heavy atom. The third-order valence-electron chi connectivity index (χ3n) is 2.88. The lowest BCUT2D eigenvalue weighted by molar-refractivity contribution is 0.249. The summed E-state index contributed by atoms with van der Waals surface area (Å²) in [7, 11) is 0. The molecule has 1 fully saturated rings. The van der Waals surface area contributed by atoms with Gasteiger partial charge in [-0.25, -0.2) is 0 Å². The molecule has 1 heterocycles. The molecule has 0 saturated carbocycles. The van der Waals surface area contributed by atoms with Crippen LogP contribution in [0, 0.1) is 0 Å². The van der Waals surface area contributed by atoms with Crippen LogP contribution in [-0.2, 0) is 0 Å². The Labute approximate surface area is 92.5 Å². The van der Waals surface area contributed by atoms with Crippen molar-refractivity contribution in [2.24, 2.45) is 0 Å². The lowest BCUT2D eigenvalue weighted by Crippen LogP contribution is -2.50. The lowest BCUT2D eigenvalue weighted by Gasteiger charge is -2.38. The Balaban J connectivity index is 2.85. The van der Waals surface area contributed by atoms with Crippen LogP contribution in [0.25, 0.3) is 0 Å². The maximum atomic E-state index is 3.91. The lowest BCUT2D eigenvalue weighted by atomic mass is 9.97. The fourth-order valence-electron chi connectivity index (χ4n) is 1.82. The van der Waals surface area contributed by atoms with Gasteiger partial charge in [0.25, 0.3) is 0 Å². The fraction of sp³-hybridized carbons (Fsp3) is 0.500. The molecule has 0 radical (unpaired) electrons. The van der Waals surface area contributed by atoms with Crippen molar-refractivity contribution >= 4 is 0 Å². The van der Waals surface area contributed by atoms with E-state index in [2.05, 4.69) is 35.3 Å². The van der Waals surface area contributed by atoms with Crippen LogP contribution in [0.15, 0.2) is 38.1 Å². The van der Waals surface area contributed by atoms with E-state index in [-0.39, 0.29) is 5.54 Å². The van der Waals surface area contributed by atoms with Gasteiger partial charge in [0.15, 0.2) is 0 Å². The zero-order chi connectivity index (χ0) is 11.1. The highest BCUT2D eigenvalue weighted by Crippen LogP contribution is 2.18. The summed E-state index contributed by atoms with van der Waals surface area (Å²) < 4.78 is 0. The summed E-state index contributed by atoms with van der Waals surface area (Å²) in [6, 6.07) is 0. The number of hydrogen-bond donors (Lipinski definition) is 2. The van der Waals surface area contributed by atoms with Crippen molar-refractivity contribution in [3.63, 3.8) is 0 Å². The van der Waals surface area contributed by atoms with Gasteiger partial charge < -0.3 is 15.5 Å². The van der Waals surface area contributed by atoms with Gasteiger partial charge >= 0.3 is 0 Å². The standard InChI is InChI=1S/C12H21N3/c1-4-12(5-2)11-14-8-7-13-9-10-15(12)6-3/h4-6,13-14H,1-3,7-11H2. The molecule has 0 aromatic heterocycles. The number of hydrogen-bond acceptors (Lipinski definition) is 3. The van der Waals surface area contributed by atoms with E-state index in [0.29, 0.717) is 0 Å². The third-order valence-corrected chi connectivity index (χ3v) is 2.88. The molecule has 15 heavy (non-hydrogen) atoms. The number of nitrogens with one attached hydrogen (secondary N) is 2. The van der Waals surface area contributed by atoms with Crippen LogP contribution in [0.2, 0.25) is 0 Å². The van der Waals surface area contributed by atoms with Crippen LogP contribution in [-0.4, -0.2) is 43.2 Å². The van der Waals surface area contributed by atoms with Gasteiger partial charge in [0, 0.05) is 32.7 Å². The smallest absolute Gasteiger partial charge is 0.0881 e. The van der Waals surface area contributed by atoms with Crippen LogP contribution in [0.1, 0.15) is 0 Å². The molecular formula is C12H21N3. The Morgan fingerprint density at radius 1 is 1.00 bits per heavy atom. The van der Waals surface area contributed by atoms with Gasteiger partial charge in [-0.15, -0.1) is 13.2 Å². The van der Waals surface area contributed by atoms with E-state index in [1.807, 2.05) is 18.4 Å². The van der Waals surface area contributed by atoms with E-state index >= 15 is 0 Å². The van der Waals surface area contributed by atoms with Crippen molar-refractivity contribution in [3.8, 4) is 0 Å². The predicted molar refractivity (Wildman–Crippen MR) is 65.8 cm³/mol. The van der Waals surface area contributed by atoms with E-state index in [1.165, 1.54) is 0 Å². The largest absolute Gasteiger partial charge is 0.363 e. The van der Waals surface area contributed by atoms with E-state index in [0.717, 1.165) is 32.7 Å². The molecule has 0 amide bonds. The van der Waals surface area contributed by atoms with Gasteiger partial charge in [0.2, 0.25) is 0 Å². The summed E-state index contributed by atoms with van der Waals surface area (Å²) >= 11 is 0. The highest BCUT2D eigenvalue weighted by Gasteiger charge is 2.28. The fourth-order valence-corrected chi connectivity index (χ4v) is 1.82. The molecule has 84 valence electrons. The van der Waals surface area contributed by atoms with Gasteiger partial charge in [-0.2, -0.15) is 0 Å². The van der Waals surface area contributed by atoms with Crippen molar-refractivity contribution in [2.45, 2.75) is 5.54 Å². The minimum atomic E-state index is -0.215. The highest BCUT2D eigenvalue weighted by molar-refractivity contribution is 5.18. The van der Waals surface area contributed by atoms with Crippen molar-refractivity contribution in [3.05, 3.63) is 38.1 Å². The Bertz CT molecular complexity index is 227. The van der Waals surface area contributed by atoms with Crippen LogP contribution >= 0.6 is 0 Å². The summed E-state index contributed by atoms with van der Waals surface area (Å²) in [6.07, 6.45) is 5.72. The minimum Gasteiger partial charge on any atom is -0.363 e. The van der Waals surface area contributed by atoms with Crippen molar-refractivity contribution < 1.29 is 0 Å². The highest BCUT2D eigenvalue weighted by atomic mass is 15.2. The molecule has 2 N–H and O–H groups in total. The first-order valence-electron chi connectivity index (χ1n) is 5.37. The van der Waals surface area contributed by atoms with E-state index < -0.39 is 0 Å². The molecule has 1 aliphatic heterocycles. The normalized spacial score (nSPS) is 22.0. The van der Waals surface area contributed by atoms with Gasteiger partial charge in [-0.3, -0.25) is 0 Å². The molecule has 0 unspecified atom stereocenters. The minimum absolute atomic E-state index is 0.215. The van der Waals surface area contributed by atoms with E-state index in [1.54, 1.807) is 0 Å². The first-order chi connectivity index (χ1) is 7.29. The zero-order valence-electron chi connectivity index (χ0n) is 9.34. The summed E-state index contributed by atoms with van der Waals surface area (Å²) in [6.45, 7) is 16.3. The summed E-state index contributed by atoms with van der Waals surface area (Å²) in [5.41, 5.74) is -0.215. The average molecular weight is 207 g/mol. The summed E-state index contributed by atoms with van der Waals surface area (Å²) in [4.78, 5) is 2.16. The van der Waals surface area contributed by atoms with Gasteiger partial charge in [-0.05, 0) is 6.20 Å². The van der Waals surface area contributed by atoms with Crippen molar-refractivity contribution in [1.29, 1.82) is 0 Å². The molecule has 0 aliphatic carbocycles. The topological polar surface area (TPSA) is 27.3 Å². The third kappa shape index (κ3) is 2.70. The van der Waals surface area contributed by atoms with E-state index in [9.17, 15) is 0 Å². The molecule has 3 nitrogen and oxygen atoms in total. The van der Waals surface area contributed by atoms with E-state index in [4.69, 9.17) is 0 Å². The Hall–Kier alpha value is -1.06. The zero-order valence-corrected chi connectivity index (χ0v) is 9.34. The molecule has 0 spiro atoms. The summed E-state index contributed by atoms with van der Waals surface area (Å²) in [5.74, 6) is 0. The molecule has 0 aromatic carbocycles. The monoisotopic (exact) mass is 207 g/mol. The maximum absolute atomic E-state index is 3.91. The quantitative estimate of drug-likeness (QED) is 0.668. The second-order valence-corrected chi connectivity index (χ2v) is 3.70. The molecular weight excluding hydrogens is 186 g/mol. The molecule has 1 aliphatic rings. The second-order valence-electron chi connectivity index (χ2n) is 3.70. The first-order valence-corrected chi connectivity index (χ1v) is 5.37. The second kappa shape index (κ2) is 5.73. The Morgan fingerprint density at radius 3 is 2.27 bits per heavy atom.